The highest BCUT2D eigenvalue weighted by atomic mass is 15.0. The highest BCUT2D eigenvalue weighted by molar-refractivity contribution is 6.10. The smallest absolute Gasteiger partial charge is 0.0571 e. The van der Waals surface area contributed by atoms with Crippen molar-refractivity contribution in [1.29, 1.82) is 0 Å². The molecule has 0 aliphatic heterocycles. The SMILES string of the molecule is CCC1C=CC(n2c3ccccc3c3cnccc32)=CC1. The zero-order valence-electron chi connectivity index (χ0n) is 12.2. The van der Waals surface area contributed by atoms with Gasteiger partial charge in [-0.05, 0) is 37.0 Å². The molecule has 2 heterocycles. The van der Waals surface area contributed by atoms with Crippen molar-refractivity contribution in [2.24, 2.45) is 5.92 Å². The molecule has 1 atom stereocenters. The summed E-state index contributed by atoms with van der Waals surface area (Å²) in [6, 6.07) is 10.7. The van der Waals surface area contributed by atoms with Crippen molar-refractivity contribution in [1.82, 2.24) is 9.55 Å². The first-order valence-corrected chi connectivity index (χ1v) is 7.60. The van der Waals surface area contributed by atoms with Gasteiger partial charge >= 0.3 is 0 Å². The number of hydrogen-bond acceptors (Lipinski definition) is 1. The van der Waals surface area contributed by atoms with Gasteiger partial charge in [-0.25, -0.2) is 0 Å². The lowest BCUT2D eigenvalue weighted by molar-refractivity contribution is 0.632. The van der Waals surface area contributed by atoms with Crippen LogP contribution in [0.5, 0.6) is 0 Å². The lowest BCUT2D eigenvalue weighted by Crippen LogP contribution is -2.02. The van der Waals surface area contributed by atoms with E-state index in [1.807, 2.05) is 12.4 Å². The zero-order valence-corrected chi connectivity index (χ0v) is 12.2. The molecule has 1 unspecified atom stereocenters. The molecule has 1 aliphatic carbocycles. The van der Waals surface area contributed by atoms with E-state index in [4.69, 9.17) is 0 Å². The largest absolute Gasteiger partial charge is 0.309 e. The van der Waals surface area contributed by atoms with Crippen LogP contribution in [0.15, 0.2) is 61.0 Å². The average Bonchev–Trinajstić information content (AvgIpc) is 2.90. The average molecular weight is 274 g/mol. The number of pyridine rings is 1. The van der Waals surface area contributed by atoms with Crippen LogP contribution < -0.4 is 0 Å². The predicted octanol–water partition coefficient (Wildman–Crippen LogP) is 5.02. The van der Waals surface area contributed by atoms with Crippen LogP contribution in [-0.2, 0) is 0 Å². The molecule has 1 aromatic carbocycles. The molecule has 0 N–H and O–H groups in total. The summed E-state index contributed by atoms with van der Waals surface area (Å²) in [5.41, 5.74) is 3.76. The Morgan fingerprint density at radius 2 is 2.00 bits per heavy atom. The number of benzene rings is 1. The van der Waals surface area contributed by atoms with Gasteiger partial charge in [-0.1, -0.05) is 37.3 Å². The Hall–Kier alpha value is -2.35. The number of hydrogen-bond donors (Lipinski definition) is 0. The normalized spacial score (nSPS) is 18.3. The van der Waals surface area contributed by atoms with Gasteiger partial charge in [-0.3, -0.25) is 4.98 Å². The maximum Gasteiger partial charge on any atom is 0.0571 e. The minimum Gasteiger partial charge on any atom is -0.309 e. The highest BCUT2D eigenvalue weighted by Crippen LogP contribution is 2.33. The lowest BCUT2D eigenvalue weighted by atomic mass is 9.97. The van der Waals surface area contributed by atoms with Gasteiger partial charge in [0.05, 0.1) is 11.0 Å². The van der Waals surface area contributed by atoms with Crippen LogP contribution in [0.2, 0.25) is 0 Å². The minimum atomic E-state index is 0.684. The predicted molar refractivity (Wildman–Crippen MR) is 89.1 cm³/mol. The van der Waals surface area contributed by atoms with Gasteiger partial charge in [0.2, 0.25) is 0 Å². The summed E-state index contributed by atoms with van der Waals surface area (Å²) in [7, 11) is 0. The van der Waals surface area contributed by atoms with E-state index < -0.39 is 0 Å². The molecule has 0 saturated carbocycles. The minimum absolute atomic E-state index is 0.684. The van der Waals surface area contributed by atoms with Crippen LogP contribution in [0.1, 0.15) is 19.8 Å². The Morgan fingerprint density at radius 1 is 1.14 bits per heavy atom. The number of aromatic nitrogens is 2. The highest BCUT2D eigenvalue weighted by Gasteiger charge is 2.14. The monoisotopic (exact) mass is 274 g/mol. The summed E-state index contributed by atoms with van der Waals surface area (Å²) < 4.78 is 2.36. The molecule has 104 valence electrons. The van der Waals surface area contributed by atoms with Crippen LogP contribution in [0.4, 0.5) is 0 Å². The van der Waals surface area contributed by atoms with Gasteiger partial charge in [0.25, 0.3) is 0 Å². The molecular formula is C19H18N2. The van der Waals surface area contributed by atoms with Crippen molar-refractivity contribution in [2.75, 3.05) is 0 Å². The number of nitrogens with zero attached hydrogens (tertiary/aromatic N) is 2. The third-order valence-corrected chi connectivity index (χ3v) is 4.43. The summed E-state index contributed by atoms with van der Waals surface area (Å²) >= 11 is 0. The molecule has 0 saturated heterocycles. The van der Waals surface area contributed by atoms with Gasteiger partial charge in [-0.2, -0.15) is 0 Å². The molecule has 21 heavy (non-hydrogen) atoms. The first-order chi connectivity index (χ1) is 10.4. The third kappa shape index (κ3) is 1.90. The third-order valence-electron chi connectivity index (χ3n) is 4.43. The summed E-state index contributed by atoms with van der Waals surface area (Å²) in [5, 5.41) is 2.49. The van der Waals surface area contributed by atoms with Crippen LogP contribution in [0.3, 0.4) is 0 Å². The van der Waals surface area contributed by atoms with E-state index in [2.05, 4.69) is 65.0 Å². The number of para-hydroxylation sites is 1. The molecule has 4 rings (SSSR count). The Kier molecular flexibility index (Phi) is 2.88. The molecule has 0 spiro atoms. The summed E-state index contributed by atoms with van der Waals surface area (Å²) in [5.74, 6) is 0.684. The second-order valence-corrected chi connectivity index (χ2v) is 5.64. The molecule has 2 heteroatoms. The van der Waals surface area contributed by atoms with E-state index in [-0.39, 0.29) is 0 Å². The van der Waals surface area contributed by atoms with Crippen LogP contribution in [0, 0.1) is 5.92 Å². The Labute approximate surface area is 124 Å². The van der Waals surface area contributed by atoms with Crippen molar-refractivity contribution in [2.45, 2.75) is 19.8 Å². The van der Waals surface area contributed by atoms with E-state index >= 15 is 0 Å². The molecule has 3 aromatic rings. The van der Waals surface area contributed by atoms with E-state index in [1.54, 1.807) is 0 Å². The van der Waals surface area contributed by atoms with E-state index in [9.17, 15) is 0 Å². The maximum atomic E-state index is 4.30. The van der Waals surface area contributed by atoms with E-state index in [0.717, 1.165) is 6.42 Å². The molecule has 1 aliphatic rings. The van der Waals surface area contributed by atoms with Crippen molar-refractivity contribution in [3.05, 3.63) is 61.0 Å². The first kappa shape index (κ1) is 12.4. The Bertz CT molecular complexity index is 814. The second-order valence-electron chi connectivity index (χ2n) is 5.64. The van der Waals surface area contributed by atoms with Gasteiger partial charge in [0.15, 0.2) is 0 Å². The fourth-order valence-electron chi connectivity index (χ4n) is 3.22. The summed E-state index contributed by atoms with van der Waals surface area (Å²) in [6.45, 7) is 2.25. The summed E-state index contributed by atoms with van der Waals surface area (Å²) in [6.07, 6.45) is 13.1. The molecule has 0 fully saturated rings. The van der Waals surface area contributed by atoms with Gasteiger partial charge in [0, 0.05) is 28.9 Å². The molecule has 0 bridgehead atoms. The number of rotatable bonds is 2. The lowest BCUT2D eigenvalue weighted by Gasteiger charge is -2.16. The Balaban J connectivity index is 1.99. The zero-order chi connectivity index (χ0) is 14.2. The van der Waals surface area contributed by atoms with Gasteiger partial charge < -0.3 is 4.57 Å². The topological polar surface area (TPSA) is 17.8 Å². The molecule has 2 nitrogen and oxygen atoms in total. The number of allylic oxidation sites excluding steroid dienone is 4. The van der Waals surface area contributed by atoms with Crippen molar-refractivity contribution in [3.8, 4) is 0 Å². The molecule has 2 aromatic heterocycles. The Morgan fingerprint density at radius 3 is 2.81 bits per heavy atom. The van der Waals surface area contributed by atoms with Crippen molar-refractivity contribution >= 4 is 27.5 Å². The standard InChI is InChI=1S/C19H18N2/c1-2-14-7-9-15(10-8-14)21-18-6-4-3-5-16(18)17-13-20-12-11-19(17)21/h3-7,9-14H,2,8H2,1H3. The maximum absolute atomic E-state index is 4.30. The quantitative estimate of drug-likeness (QED) is 0.642. The number of fused-ring (bicyclic) bond motifs is 3. The van der Waals surface area contributed by atoms with Crippen molar-refractivity contribution in [3.63, 3.8) is 0 Å². The fraction of sp³-hybridized carbons (Fsp3) is 0.211. The van der Waals surface area contributed by atoms with E-state index in [1.165, 1.54) is 33.9 Å². The molecule has 0 radical (unpaired) electrons. The van der Waals surface area contributed by atoms with Gasteiger partial charge in [0.1, 0.15) is 0 Å². The van der Waals surface area contributed by atoms with E-state index in [0.29, 0.717) is 5.92 Å². The van der Waals surface area contributed by atoms with Crippen LogP contribution in [0.25, 0.3) is 27.5 Å². The van der Waals surface area contributed by atoms with Crippen LogP contribution >= 0.6 is 0 Å². The first-order valence-electron chi connectivity index (χ1n) is 7.60. The van der Waals surface area contributed by atoms with Crippen LogP contribution in [-0.4, -0.2) is 9.55 Å². The summed E-state index contributed by atoms with van der Waals surface area (Å²) in [4.78, 5) is 4.30. The van der Waals surface area contributed by atoms with Crippen molar-refractivity contribution < 1.29 is 0 Å². The molecule has 0 amide bonds. The fourth-order valence-corrected chi connectivity index (χ4v) is 3.22. The molecular weight excluding hydrogens is 256 g/mol. The second kappa shape index (κ2) is 4.88. The van der Waals surface area contributed by atoms with Gasteiger partial charge in [-0.15, -0.1) is 0 Å².